The molecule has 1 amide bonds. The zero-order chi connectivity index (χ0) is 8.10. The van der Waals surface area contributed by atoms with Gasteiger partial charge in [0.2, 0.25) is 5.91 Å². The van der Waals surface area contributed by atoms with E-state index in [1.807, 2.05) is 5.38 Å². The summed E-state index contributed by atoms with van der Waals surface area (Å²) >= 11 is 1.51. The number of hydrogen-bond acceptors (Lipinski definition) is 4. The van der Waals surface area contributed by atoms with Crippen molar-refractivity contribution in [3.8, 4) is 0 Å². The highest BCUT2D eigenvalue weighted by molar-refractivity contribution is 7.09. The van der Waals surface area contributed by atoms with Gasteiger partial charge in [-0.1, -0.05) is 0 Å². The highest BCUT2D eigenvalue weighted by atomic mass is 32.1. The van der Waals surface area contributed by atoms with Crippen molar-refractivity contribution in [1.82, 2.24) is 10.3 Å². The summed E-state index contributed by atoms with van der Waals surface area (Å²) in [6.07, 6.45) is 1.70. The van der Waals surface area contributed by atoms with E-state index >= 15 is 0 Å². The summed E-state index contributed by atoms with van der Waals surface area (Å²) in [6.45, 7) is 0.513. The van der Waals surface area contributed by atoms with Crippen molar-refractivity contribution >= 4 is 17.2 Å². The number of carbonyl (C=O) groups excluding carboxylic acids is 1. The lowest BCUT2D eigenvalue weighted by atomic mass is 10.5. The Morgan fingerprint density at radius 3 is 3.18 bits per heavy atom. The van der Waals surface area contributed by atoms with Crippen LogP contribution in [0.25, 0.3) is 0 Å². The molecule has 0 aromatic carbocycles. The lowest BCUT2D eigenvalue weighted by Crippen LogP contribution is -2.29. The van der Waals surface area contributed by atoms with Gasteiger partial charge in [0, 0.05) is 11.6 Å². The summed E-state index contributed by atoms with van der Waals surface area (Å²) in [5, 5.41) is 5.38. The Kier molecular flexibility index (Phi) is 3.00. The van der Waals surface area contributed by atoms with Crippen LogP contribution in [0.5, 0.6) is 0 Å². The van der Waals surface area contributed by atoms with Gasteiger partial charge in [0.15, 0.2) is 0 Å². The van der Waals surface area contributed by atoms with E-state index < -0.39 is 0 Å². The van der Waals surface area contributed by atoms with Crippen LogP contribution in [0.4, 0.5) is 0 Å². The largest absolute Gasteiger partial charge is 0.348 e. The Morgan fingerprint density at radius 1 is 1.82 bits per heavy atom. The Morgan fingerprint density at radius 2 is 2.64 bits per heavy atom. The molecule has 0 spiro atoms. The first-order valence-electron chi connectivity index (χ1n) is 3.18. The first-order valence-corrected chi connectivity index (χ1v) is 4.06. The van der Waals surface area contributed by atoms with Crippen LogP contribution in [0.3, 0.4) is 0 Å². The molecule has 11 heavy (non-hydrogen) atoms. The van der Waals surface area contributed by atoms with Gasteiger partial charge < -0.3 is 11.1 Å². The molecule has 0 aliphatic rings. The molecular weight excluding hydrogens is 162 g/mol. The Hall–Kier alpha value is -0.940. The maximum absolute atomic E-state index is 10.6. The molecule has 60 valence electrons. The number of thiazole rings is 1. The average molecular weight is 171 g/mol. The maximum Gasteiger partial charge on any atom is 0.234 e. The van der Waals surface area contributed by atoms with Crippen molar-refractivity contribution in [1.29, 1.82) is 0 Å². The average Bonchev–Trinajstić information content (AvgIpc) is 2.52. The molecule has 0 radical (unpaired) electrons. The van der Waals surface area contributed by atoms with Gasteiger partial charge in [0.1, 0.15) is 5.01 Å². The molecule has 0 fully saturated rings. The fraction of sp³-hybridized carbons (Fsp3) is 0.333. The molecule has 0 saturated carbocycles. The number of rotatable bonds is 3. The molecule has 1 aromatic rings. The number of aromatic nitrogens is 1. The van der Waals surface area contributed by atoms with E-state index in [1.54, 1.807) is 6.20 Å². The predicted octanol–water partition coefficient (Wildman–Crippen LogP) is -0.282. The van der Waals surface area contributed by atoms with Gasteiger partial charge in [-0.2, -0.15) is 0 Å². The summed E-state index contributed by atoms with van der Waals surface area (Å²) < 4.78 is 0. The minimum atomic E-state index is -0.153. The summed E-state index contributed by atoms with van der Waals surface area (Å²) in [5.41, 5.74) is 5.08. The smallest absolute Gasteiger partial charge is 0.234 e. The summed E-state index contributed by atoms with van der Waals surface area (Å²) in [6, 6.07) is 0. The molecule has 0 bridgehead atoms. The van der Waals surface area contributed by atoms with Crippen LogP contribution < -0.4 is 11.1 Å². The van der Waals surface area contributed by atoms with Crippen LogP contribution in [0.2, 0.25) is 0 Å². The number of hydrogen-bond donors (Lipinski definition) is 2. The van der Waals surface area contributed by atoms with Crippen molar-refractivity contribution in [3.63, 3.8) is 0 Å². The normalized spacial score (nSPS) is 9.55. The van der Waals surface area contributed by atoms with Gasteiger partial charge in [0.25, 0.3) is 0 Å². The zero-order valence-electron chi connectivity index (χ0n) is 5.91. The molecule has 0 atom stereocenters. The molecule has 1 heterocycles. The van der Waals surface area contributed by atoms with Crippen molar-refractivity contribution in [3.05, 3.63) is 16.6 Å². The summed E-state index contributed by atoms with van der Waals surface area (Å²) in [5.74, 6) is -0.153. The molecule has 4 nitrogen and oxygen atoms in total. The third kappa shape index (κ3) is 2.65. The van der Waals surface area contributed by atoms with Crippen molar-refractivity contribution in [2.75, 3.05) is 6.54 Å². The highest BCUT2D eigenvalue weighted by Crippen LogP contribution is 2.01. The Bertz CT molecular complexity index is 222. The fourth-order valence-corrected chi connectivity index (χ4v) is 1.14. The highest BCUT2D eigenvalue weighted by Gasteiger charge is 1.97. The number of nitrogens with two attached hydrogens (primary N) is 1. The van der Waals surface area contributed by atoms with Gasteiger partial charge in [0.05, 0.1) is 13.1 Å². The lowest BCUT2D eigenvalue weighted by molar-refractivity contribution is -0.119. The molecule has 3 N–H and O–H groups in total. The van der Waals surface area contributed by atoms with Gasteiger partial charge in [-0.25, -0.2) is 4.98 Å². The van der Waals surface area contributed by atoms with Gasteiger partial charge in [-0.05, 0) is 0 Å². The molecule has 5 heteroatoms. The van der Waals surface area contributed by atoms with Crippen LogP contribution >= 0.6 is 11.3 Å². The van der Waals surface area contributed by atoms with E-state index in [1.165, 1.54) is 11.3 Å². The van der Waals surface area contributed by atoms with Gasteiger partial charge in [-0.3, -0.25) is 4.79 Å². The quantitative estimate of drug-likeness (QED) is 0.657. The molecule has 0 aliphatic carbocycles. The van der Waals surface area contributed by atoms with E-state index in [2.05, 4.69) is 10.3 Å². The van der Waals surface area contributed by atoms with Crippen LogP contribution in [-0.2, 0) is 11.3 Å². The van der Waals surface area contributed by atoms with Crippen molar-refractivity contribution in [2.45, 2.75) is 6.54 Å². The molecule has 0 unspecified atom stereocenters. The molecule has 1 rings (SSSR count). The molecular formula is C6H9N3OS. The second-order valence-electron chi connectivity index (χ2n) is 1.91. The van der Waals surface area contributed by atoms with Crippen LogP contribution in [0.1, 0.15) is 5.01 Å². The fourth-order valence-electron chi connectivity index (χ4n) is 0.587. The summed E-state index contributed by atoms with van der Waals surface area (Å²) in [7, 11) is 0. The van der Waals surface area contributed by atoms with Gasteiger partial charge in [-0.15, -0.1) is 11.3 Å². The third-order valence-electron chi connectivity index (χ3n) is 1.11. The SMILES string of the molecule is NCC(=O)NCc1nccs1. The monoisotopic (exact) mass is 171 g/mol. The third-order valence-corrected chi connectivity index (χ3v) is 1.89. The van der Waals surface area contributed by atoms with Crippen LogP contribution in [-0.4, -0.2) is 17.4 Å². The first-order chi connectivity index (χ1) is 5.33. The van der Waals surface area contributed by atoms with Crippen molar-refractivity contribution in [2.24, 2.45) is 5.73 Å². The van der Waals surface area contributed by atoms with E-state index in [4.69, 9.17) is 5.73 Å². The molecule has 0 saturated heterocycles. The van der Waals surface area contributed by atoms with Gasteiger partial charge >= 0.3 is 0 Å². The van der Waals surface area contributed by atoms with E-state index in [9.17, 15) is 4.79 Å². The molecule has 0 aliphatic heterocycles. The second kappa shape index (κ2) is 4.05. The number of nitrogens with zero attached hydrogens (tertiary/aromatic N) is 1. The minimum Gasteiger partial charge on any atom is -0.348 e. The number of carbonyl (C=O) groups is 1. The summed E-state index contributed by atoms with van der Waals surface area (Å²) in [4.78, 5) is 14.6. The van der Waals surface area contributed by atoms with E-state index in [0.717, 1.165) is 5.01 Å². The standard InChI is InChI=1S/C6H9N3OS/c7-3-5(10)9-4-6-8-1-2-11-6/h1-2H,3-4,7H2,(H,9,10). The zero-order valence-corrected chi connectivity index (χ0v) is 6.73. The Balaban J connectivity index is 2.29. The predicted molar refractivity (Wildman–Crippen MR) is 43.0 cm³/mol. The van der Waals surface area contributed by atoms with E-state index in [0.29, 0.717) is 6.54 Å². The van der Waals surface area contributed by atoms with Crippen LogP contribution in [0, 0.1) is 0 Å². The molecule has 1 aromatic heterocycles. The first kappa shape index (κ1) is 8.16. The van der Waals surface area contributed by atoms with E-state index in [-0.39, 0.29) is 12.5 Å². The second-order valence-corrected chi connectivity index (χ2v) is 2.89. The number of amides is 1. The minimum absolute atomic E-state index is 0.0331. The Labute approximate surface area is 68.4 Å². The van der Waals surface area contributed by atoms with Crippen LogP contribution in [0.15, 0.2) is 11.6 Å². The van der Waals surface area contributed by atoms with Crippen molar-refractivity contribution < 1.29 is 4.79 Å². The maximum atomic E-state index is 10.6. The number of nitrogens with one attached hydrogen (secondary N) is 1. The topological polar surface area (TPSA) is 68.0 Å². The lowest BCUT2D eigenvalue weighted by Gasteiger charge is -1.98.